The lowest BCUT2D eigenvalue weighted by Gasteiger charge is -2.28. The van der Waals surface area contributed by atoms with Crippen LogP contribution in [0.25, 0.3) is 11.0 Å². The number of nitrogens with zero attached hydrogens (tertiary/aromatic N) is 3. The Labute approximate surface area is 254 Å². The molecule has 1 atom stereocenters. The first-order chi connectivity index (χ1) is 21.0. The molecule has 13 heteroatoms. The lowest BCUT2D eigenvalue weighted by molar-refractivity contribution is 0.0950. The number of anilines is 1. The highest BCUT2D eigenvalue weighted by Gasteiger charge is 2.21. The zero-order valence-corrected chi connectivity index (χ0v) is 25.1. The molecule has 12 nitrogen and oxygen atoms in total. The number of hydrogen-bond acceptors (Lipinski definition) is 9. The first-order valence-electron chi connectivity index (χ1n) is 14.0. The molecule has 230 valence electrons. The number of amides is 1. The first kappa shape index (κ1) is 30.7. The topological polar surface area (TPSA) is 172 Å². The third-order valence-electron chi connectivity index (χ3n) is 7.19. The molecular weight excluding hydrogens is 584 g/mol. The Hall–Kier alpha value is -4.72. The number of aromatic hydroxyl groups is 1. The van der Waals surface area contributed by atoms with E-state index in [0.717, 1.165) is 11.9 Å². The molecule has 0 saturated carbocycles. The number of β-amino-alcohol motifs (C(OH)–C–C–N with tert-alkyl or cyclic N) is 1. The molecule has 0 radical (unpaired) electrons. The number of fused-ring (bicyclic) bond motifs is 1. The summed E-state index contributed by atoms with van der Waals surface area (Å²) in [7, 11) is -3.74. The summed E-state index contributed by atoms with van der Waals surface area (Å²) in [5.74, 6) is -0.611. The van der Waals surface area contributed by atoms with Gasteiger partial charge in [-0.3, -0.25) is 9.52 Å². The largest absolute Gasteiger partial charge is 0.479 e. The van der Waals surface area contributed by atoms with E-state index < -0.39 is 16.1 Å². The van der Waals surface area contributed by atoms with Crippen LogP contribution in [0.5, 0.6) is 5.95 Å². The van der Waals surface area contributed by atoms with Crippen molar-refractivity contribution in [1.82, 2.24) is 25.3 Å². The van der Waals surface area contributed by atoms with Crippen molar-refractivity contribution >= 4 is 32.7 Å². The average Bonchev–Trinajstić information content (AvgIpc) is 3.63. The zero-order valence-electron chi connectivity index (χ0n) is 24.3. The molecule has 5 N–H and O–H groups in total. The SMILES string of the molecule is CC(C)(CCn1cnc2cc(C(=O)NCc3cc(O)on3)ccc21)NC[C@H](O)c1cccc(NS(=O)(=O)c2ccccc2)c1. The maximum Gasteiger partial charge on any atom is 0.309 e. The number of carbonyl (C=O) groups excluding carboxylic acids is 1. The van der Waals surface area contributed by atoms with Gasteiger partial charge in [-0.15, -0.1) is 0 Å². The number of aromatic nitrogens is 3. The van der Waals surface area contributed by atoms with Crippen LogP contribution in [0.2, 0.25) is 0 Å². The van der Waals surface area contributed by atoms with Gasteiger partial charge in [-0.1, -0.05) is 35.5 Å². The number of nitrogens with one attached hydrogen (secondary N) is 3. The van der Waals surface area contributed by atoms with Crippen molar-refractivity contribution in [3.8, 4) is 5.95 Å². The molecule has 44 heavy (non-hydrogen) atoms. The predicted octanol–water partition coefficient (Wildman–Crippen LogP) is 3.95. The predicted molar refractivity (Wildman–Crippen MR) is 164 cm³/mol. The molecule has 5 aromatic rings. The number of benzene rings is 3. The Morgan fingerprint density at radius 2 is 1.84 bits per heavy atom. The van der Waals surface area contributed by atoms with Gasteiger partial charge in [0.2, 0.25) is 0 Å². The molecule has 2 aromatic heterocycles. The maximum absolute atomic E-state index is 12.7. The van der Waals surface area contributed by atoms with Gasteiger partial charge in [0.25, 0.3) is 15.9 Å². The van der Waals surface area contributed by atoms with Crippen molar-refractivity contribution in [2.45, 2.75) is 49.9 Å². The fourth-order valence-corrected chi connectivity index (χ4v) is 5.71. The highest BCUT2D eigenvalue weighted by molar-refractivity contribution is 7.92. The van der Waals surface area contributed by atoms with Crippen LogP contribution in [0.1, 0.15) is 48.0 Å². The fourth-order valence-electron chi connectivity index (χ4n) is 4.64. The minimum atomic E-state index is -3.74. The highest BCUT2D eigenvalue weighted by Crippen LogP contribution is 2.22. The van der Waals surface area contributed by atoms with Crippen LogP contribution in [0.4, 0.5) is 5.69 Å². The van der Waals surface area contributed by atoms with Gasteiger partial charge in [0, 0.05) is 35.9 Å². The summed E-state index contributed by atoms with van der Waals surface area (Å²) in [5.41, 5.74) is 3.02. The van der Waals surface area contributed by atoms with Crippen LogP contribution < -0.4 is 15.4 Å². The number of imidazole rings is 1. The van der Waals surface area contributed by atoms with Crippen molar-refractivity contribution in [3.05, 3.63) is 102 Å². The average molecular weight is 619 g/mol. The van der Waals surface area contributed by atoms with Gasteiger partial charge in [-0.25, -0.2) is 13.4 Å². The molecule has 3 aromatic carbocycles. The van der Waals surface area contributed by atoms with E-state index in [1.54, 1.807) is 60.9 Å². The van der Waals surface area contributed by atoms with Crippen LogP contribution in [0.15, 0.2) is 94.6 Å². The van der Waals surface area contributed by atoms with E-state index in [0.29, 0.717) is 34.6 Å². The summed E-state index contributed by atoms with van der Waals surface area (Å²) in [6.07, 6.45) is 1.59. The van der Waals surface area contributed by atoms with Gasteiger partial charge < -0.3 is 29.9 Å². The molecule has 0 fully saturated rings. The van der Waals surface area contributed by atoms with Crippen LogP contribution >= 0.6 is 0 Å². The van der Waals surface area contributed by atoms with Crippen molar-refractivity contribution in [3.63, 3.8) is 0 Å². The second-order valence-corrected chi connectivity index (χ2v) is 12.7. The number of rotatable bonds is 13. The van der Waals surface area contributed by atoms with Gasteiger partial charge in [-0.05, 0) is 68.3 Å². The van der Waals surface area contributed by atoms with E-state index in [2.05, 4.69) is 30.0 Å². The molecule has 0 aliphatic rings. The van der Waals surface area contributed by atoms with E-state index in [1.165, 1.54) is 18.2 Å². The molecule has 0 unspecified atom stereocenters. The van der Waals surface area contributed by atoms with Crippen molar-refractivity contribution in [2.75, 3.05) is 11.3 Å². The van der Waals surface area contributed by atoms with E-state index in [1.807, 2.05) is 24.5 Å². The molecule has 1 amide bonds. The summed E-state index contributed by atoms with van der Waals surface area (Å²) in [6, 6.07) is 21.5. The van der Waals surface area contributed by atoms with Gasteiger partial charge in [0.15, 0.2) is 0 Å². The Balaban J connectivity index is 1.14. The fraction of sp³-hybridized carbons (Fsp3) is 0.258. The molecule has 5 rings (SSSR count). The monoisotopic (exact) mass is 618 g/mol. The highest BCUT2D eigenvalue weighted by atomic mass is 32.2. The number of aliphatic hydroxyl groups excluding tert-OH is 1. The van der Waals surface area contributed by atoms with Crippen molar-refractivity contribution < 1.29 is 27.9 Å². The van der Waals surface area contributed by atoms with E-state index in [4.69, 9.17) is 0 Å². The minimum absolute atomic E-state index is 0.116. The summed E-state index contributed by atoms with van der Waals surface area (Å²) in [5, 5.41) is 29.9. The van der Waals surface area contributed by atoms with Gasteiger partial charge >= 0.3 is 5.95 Å². The van der Waals surface area contributed by atoms with Gasteiger partial charge in [-0.2, -0.15) is 0 Å². The van der Waals surface area contributed by atoms with E-state index in [-0.39, 0.29) is 35.4 Å². The number of hydrogen-bond donors (Lipinski definition) is 5. The van der Waals surface area contributed by atoms with Crippen molar-refractivity contribution in [2.24, 2.45) is 0 Å². The van der Waals surface area contributed by atoms with Gasteiger partial charge in [0.1, 0.15) is 5.69 Å². The number of aliphatic hydroxyl groups is 1. The molecule has 0 aliphatic heterocycles. The molecule has 2 heterocycles. The first-order valence-corrected chi connectivity index (χ1v) is 15.5. The Morgan fingerprint density at radius 1 is 1.05 bits per heavy atom. The zero-order chi connectivity index (χ0) is 31.3. The standard InChI is InChI=1S/C31H34N6O6S/c1-31(2,34-19-28(38)21-7-6-8-23(15-21)36-44(41,42)25-9-4-3-5-10-25)13-14-37-20-33-26-16-22(11-12-27(26)37)30(40)32-18-24-17-29(39)43-35-24/h3-12,15-17,20,28,34,36,38-39H,13-14,18-19H2,1-2H3,(H,32,40)/t28-/m0/s1. The molecule has 0 saturated heterocycles. The van der Waals surface area contributed by atoms with Crippen LogP contribution in [-0.4, -0.2) is 51.3 Å². The smallest absolute Gasteiger partial charge is 0.309 e. The third-order valence-corrected chi connectivity index (χ3v) is 8.59. The lowest BCUT2D eigenvalue weighted by Crippen LogP contribution is -2.42. The number of aryl methyl sites for hydroxylation is 1. The van der Waals surface area contributed by atoms with Crippen LogP contribution in [-0.2, 0) is 23.1 Å². The number of carbonyl (C=O) groups is 1. The summed E-state index contributed by atoms with van der Waals surface area (Å²) in [6.45, 7) is 5.11. The molecule has 0 bridgehead atoms. The van der Waals surface area contributed by atoms with Gasteiger partial charge in [0.05, 0.1) is 34.9 Å². The molecular formula is C31H34N6O6S. The third kappa shape index (κ3) is 7.61. The Morgan fingerprint density at radius 3 is 2.59 bits per heavy atom. The summed E-state index contributed by atoms with van der Waals surface area (Å²) >= 11 is 0. The molecule has 0 spiro atoms. The van der Waals surface area contributed by atoms with E-state index in [9.17, 15) is 23.4 Å². The van der Waals surface area contributed by atoms with Crippen molar-refractivity contribution in [1.29, 1.82) is 0 Å². The maximum atomic E-state index is 12.7. The Kier molecular flexibility index (Phi) is 8.99. The normalized spacial score (nSPS) is 12.7. The summed E-state index contributed by atoms with van der Waals surface area (Å²) < 4.78 is 34.6. The minimum Gasteiger partial charge on any atom is -0.479 e. The number of sulfonamides is 1. The van der Waals surface area contributed by atoms with Crippen LogP contribution in [0, 0.1) is 0 Å². The quantitative estimate of drug-likeness (QED) is 0.131. The summed E-state index contributed by atoms with van der Waals surface area (Å²) in [4.78, 5) is 17.2. The lowest BCUT2D eigenvalue weighted by atomic mass is 9.99. The van der Waals surface area contributed by atoms with Crippen LogP contribution in [0.3, 0.4) is 0 Å². The second-order valence-electron chi connectivity index (χ2n) is 11.1. The molecule has 0 aliphatic carbocycles. The second kappa shape index (κ2) is 12.9. The van der Waals surface area contributed by atoms with E-state index >= 15 is 0 Å². The Bertz CT molecular complexity index is 1850.